The van der Waals surface area contributed by atoms with Gasteiger partial charge in [-0.1, -0.05) is 17.7 Å². The van der Waals surface area contributed by atoms with Gasteiger partial charge in [0.25, 0.3) is 5.91 Å². The summed E-state index contributed by atoms with van der Waals surface area (Å²) >= 11 is 6.00. The first-order valence-corrected chi connectivity index (χ1v) is 12.4. The van der Waals surface area contributed by atoms with Gasteiger partial charge in [0, 0.05) is 25.3 Å². The van der Waals surface area contributed by atoms with Crippen molar-refractivity contribution in [3.05, 3.63) is 51.7 Å². The van der Waals surface area contributed by atoms with Crippen molar-refractivity contribution in [3.8, 4) is 0 Å². The quantitative estimate of drug-likeness (QED) is 0.449. The van der Waals surface area contributed by atoms with Crippen molar-refractivity contribution in [2.75, 3.05) is 18.5 Å². The molecule has 1 aliphatic carbocycles. The zero-order valence-electron chi connectivity index (χ0n) is 19.7. The van der Waals surface area contributed by atoms with Crippen LogP contribution in [0, 0.1) is 18.7 Å². The van der Waals surface area contributed by atoms with Gasteiger partial charge in [0.15, 0.2) is 5.82 Å². The highest BCUT2D eigenvalue weighted by molar-refractivity contribution is 6.34. The Morgan fingerprint density at radius 3 is 2.94 bits per heavy atom. The molecule has 3 N–H and O–H groups in total. The summed E-state index contributed by atoms with van der Waals surface area (Å²) in [5, 5.41) is 15.0. The fraction of sp³-hybridized carbons (Fsp3) is 0.520. The molecule has 10 heteroatoms. The Morgan fingerprint density at radius 2 is 2.17 bits per heavy atom. The molecule has 0 unspecified atom stereocenters. The summed E-state index contributed by atoms with van der Waals surface area (Å²) in [6.07, 6.45) is 7.07. The summed E-state index contributed by atoms with van der Waals surface area (Å²) in [5.74, 6) is -1.43. The fourth-order valence-corrected chi connectivity index (χ4v) is 4.74. The van der Waals surface area contributed by atoms with Crippen molar-refractivity contribution in [2.24, 2.45) is 5.92 Å². The van der Waals surface area contributed by atoms with Crippen LogP contribution in [0.25, 0.3) is 0 Å². The second-order valence-corrected chi connectivity index (χ2v) is 9.62. The van der Waals surface area contributed by atoms with E-state index < -0.39 is 29.3 Å². The number of aliphatic carboxylic acids is 1. The zero-order valence-corrected chi connectivity index (χ0v) is 20.4. The van der Waals surface area contributed by atoms with Gasteiger partial charge in [-0.25, -0.2) is 14.2 Å². The lowest BCUT2D eigenvalue weighted by molar-refractivity contribution is -0.140. The lowest BCUT2D eigenvalue weighted by Gasteiger charge is -2.35. The third kappa shape index (κ3) is 6.27. The van der Waals surface area contributed by atoms with Crippen molar-refractivity contribution in [2.45, 2.75) is 64.0 Å². The maximum Gasteiger partial charge on any atom is 0.326 e. The second-order valence-electron chi connectivity index (χ2n) is 9.24. The lowest BCUT2D eigenvalue weighted by atomic mass is 9.79. The monoisotopic (exact) mass is 504 g/mol. The third-order valence-corrected chi connectivity index (χ3v) is 7.15. The van der Waals surface area contributed by atoms with E-state index in [-0.39, 0.29) is 29.8 Å². The number of fused-ring (bicyclic) bond motifs is 1. The number of nitrogens with zero attached hydrogens (tertiary/aromatic N) is 2. The summed E-state index contributed by atoms with van der Waals surface area (Å²) in [4.78, 5) is 32.5. The minimum atomic E-state index is -1.22. The SMILES string of the molecule is Cc1ncc(F)c(C(=O)N[C@@H](CCOC2CC(CCc3ccc4c(n3)NCCC4)C2)C(=O)O)c1Cl. The van der Waals surface area contributed by atoms with Crippen molar-refractivity contribution in [3.63, 3.8) is 0 Å². The number of amides is 1. The number of carboxylic acid groups (broad SMARTS) is 1. The van der Waals surface area contributed by atoms with Crippen LogP contribution in [0.1, 0.15) is 59.4 Å². The number of aryl methyl sites for hydroxylation is 3. The Balaban J connectivity index is 1.18. The molecule has 4 rings (SSSR count). The summed E-state index contributed by atoms with van der Waals surface area (Å²) < 4.78 is 19.9. The number of carboxylic acids is 1. The lowest BCUT2D eigenvalue weighted by Crippen LogP contribution is -2.42. The number of carbonyl (C=O) groups excluding carboxylic acids is 1. The predicted octanol–water partition coefficient (Wildman–Crippen LogP) is 3.94. The van der Waals surface area contributed by atoms with Crippen LogP contribution in [0.3, 0.4) is 0 Å². The highest BCUT2D eigenvalue weighted by atomic mass is 35.5. The minimum Gasteiger partial charge on any atom is -0.480 e. The molecule has 2 aromatic heterocycles. The summed E-state index contributed by atoms with van der Waals surface area (Å²) in [6.45, 7) is 2.69. The van der Waals surface area contributed by atoms with Gasteiger partial charge in [-0.2, -0.15) is 0 Å². The third-order valence-electron chi connectivity index (χ3n) is 6.69. The molecule has 2 aliphatic rings. The van der Waals surface area contributed by atoms with Crippen LogP contribution in [0.15, 0.2) is 18.3 Å². The molecule has 0 spiro atoms. The minimum absolute atomic E-state index is 0.0671. The molecular formula is C25H30ClFN4O4. The first-order chi connectivity index (χ1) is 16.8. The molecule has 8 nitrogen and oxygen atoms in total. The summed E-state index contributed by atoms with van der Waals surface area (Å²) in [5.41, 5.74) is 2.27. The number of pyridine rings is 2. The zero-order chi connectivity index (χ0) is 24.9. The number of anilines is 1. The van der Waals surface area contributed by atoms with Crippen molar-refractivity contribution in [1.82, 2.24) is 15.3 Å². The average molecular weight is 505 g/mol. The van der Waals surface area contributed by atoms with Gasteiger partial charge in [-0.05, 0) is 63.0 Å². The molecule has 0 bridgehead atoms. The number of ether oxygens (including phenoxy) is 1. The van der Waals surface area contributed by atoms with Crippen LogP contribution in [0.5, 0.6) is 0 Å². The maximum absolute atomic E-state index is 14.0. The number of hydrogen-bond donors (Lipinski definition) is 3. The molecule has 0 aromatic carbocycles. The topological polar surface area (TPSA) is 113 Å². The van der Waals surface area contributed by atoms with Crippen molar-refractivity contribution < 1.29 is 23.8 Å². The summed E-state index contributed by atoms with van der Waals surface area (Å²) in [7, 11) is 0. The second kappa shape index (κ2) is 11.3. The normalized spacial score (nSPS) is 19.7. The molecule has 1 fully saturated rings. The van der Waals surface area contributed by atoms with E-state index >= 15 is 0 Å². The van der Waals surface area contributed by atoms with Gasteiger partial charge in [0.2, 0.25) is 0 Å². The molecule has 3 heterocycles. The molecule has 1 aliphatic heterocycles. The molecule has 188 valence electrons. The highest BCUT2D eigenvalue weighted by Gasteiger charge is 2.31. The number of aromatic nitrogens is 2. The van der Waals surface area contributed by atoms with Gasteiger partial charge in [-0.3, -0.25) is 9.78 Å². The molecular weight excluding hydrogens is 475 g/mol. The molecule has 1 atom stereocenters. The Kier molecular flexibility index (Phi) is 8.18. The molecule has 0 radical (unpaired) electrons. The first-order valence-electron chi connectivity index (χ1n) is 12.0. The average Bonchev–Trinajstić information content (AvgIpc) is 2.81. The Morgan fingerprint density at radius 1 is 1.37 bits per heavy atom. The fourth-order valence-electron chi connectivity index (χ4n) is 4.52. The molecule has 1 amide bonds. The number of rotatable bonds is 10. The van der Waals surface area contributed by atoms with Crippen LogP contribution >= 0.6 is 11.6 Å². The van der Waals surface area contributed by atoms with Crippen LogP contribution in [-0.2, 0) is 22.4 Å². The van der Waals surface area contributed by atoms with E-state index in [2.05, 4.69) is 27.8 Å². The number of carbonyl (C=O) groups is 2. The van der Waals surface area contributed by atoms with E-state index in [0.29, 0.717) is 5.92 Å². The van der Waals surface area contributed by atoms with Gasteiger partial charge in [-0.15, -0.1) is 0 Å². The molecule has 0 saturated heterocycles. The Hall–Kier alpha value is -2.78. The van der Waals surface area contributed by atoms with E-state index in [0.717, 1.165) is 62.8 Å². The largest absolute Gasteiger partial charge is 0.480 e. The van der Waals surface area contributed by atoms with Crippen molar-refractivity contribution in [1.29, 1.82) is 0 Å². The van der Waals surface area contributed by atoms with E-state index in [4.69, 9.17) is 21.3 Å². The van der Waals surface area contributed by atoms with Gasteiger partial charge in [0.05, 0.1) is 28.6 Å². The van der Waals surface area contributed by atoms with E-state index in [1.165, 1.54) is 12.5 Å². The number of nitrogens with one attached hydrogen (secondary N) is 2. The van der Waals surface area contributed by atoms with Crippen LogP contribution in [0.2, 0.25) is 5.02 Å². The number of halogens is 2. The maximum atomic E-state index is 14.0. The standard InChI is InChI=1S/C25H30ClFN4O4/c1-14-22(26)21(19(27)13-29-14)24(32)31-20(25(33)34)8-10-35-18-11-15(12-18)4-6-17-7-5-16-3-2-9-28-23(16)30-17/h5,7,13,15,18,20H,2-4,6,8-12H2,1H3,(H,28,30)(H,31,32)(H,33,34)/t15?,18?,20-/m0/s1. The van der Waals surface area contributed by atoms with E-state index in [1.54, 1.807) is 0 Å². The van der Waals surface area contributed by atoms with Crippen LogP contribution < -0.4 is 10.6 Å². The Bertz CT molecular complexity index is 1090. The first kappa shape index (κ1) is 25.3. The number of hydrogen-bond acceptors (Lipinski definition) is 6. The van der Waals surface area contributed by atoms with Gasteiger partial charge >= 0.3 is 5.97 Å². The van der Waals surface area contributed by atoms with Gasteiger partial charge in [0.1, 0.15) is 11.9 Å². The van der Waals surface area contributed by atoms with Crippen molar-refractivity contribution >= 4 is 29.3 Å². The Labute approximate surface area is 208 Å². The predicted molar refractivity (Wildman–Crippen MR) is 129 cm³/mol. The van der Waals surface area contributed by atoms with E-state index in [1.807, 2.05) is 0 Å². The van der Waals surface area contributed by atoms with Gasteiger partial charge < -0.3 is 20.5 Å². The van der Waals surface area contributed by atoms with E-state index in [9.17, 15) is 19.1 Å². The molecule has 2 aromatic rings. The molecule has 1 saturated carbocycles. The van der Waals surface area contributed by atoms with Crippen LogP contribution in [0.4, 0.5) is 10.2 Å². The molecule has 35 heavy (non-hydrogen) atoms. The smallest absolute Gasteiger partial charge is 0.326 e. The highest BCUT2D eigenvalue weighted by Crippen LogP contribution is 2.34. The summed E-state index contributed by atoms with van der Waals surface area (Å²) in [6, 6.07) is 3.07. The van der Waals surface area contributed by atoms with Crippen LogP contribution in [-0.4, -0.2) is 52.2 Å².